The van der Waals surface area contributed by atoms with Gasteiger partial charge in [0, 0.05) is 25.6 Å². The first-order valence-corrected chi connectivity index (χ1v) is 7.34. The van der Waals surface area contributed by atoms with Crippen LogP contribution in [0.25, 0.3) is 0 Å². The molecule has 1 saturated heterocycles. The van der Waals surface area contributed by atoms with E-state index in [0.29, 0.717) is 6.54 Å². The summed E-state index contributed by atoms with van der Waals surface area (Å²) in [6.45, 7) is 5.49. The molecule has 1 aliphatic heterocycles. The van der Waals surface area contributed by atoms with Crippen LogP contribution in [0.5, 0.6) is 0 Å². The minimum Gasteiger partial charge on any atom is -0.481 e. The summed E-state index contributed by atoms with van der Waals surface area (Å²) in [5.74, 6) is -0.673. The summed E-state index contributed by atoms with van der Waals surface area (Å²) in [7, 11) is 0. The molecule has 0 aromatic carbocycles. The third-order valence-corrected chi connectivity index (χ3v) is 3.73. The number of urea groups is 1. The predicted octanol–water partition coefficient (Wildman–Crippen LogP) is 2.46. The molecule has 19 heavy (non-hydrogen) atoms. The van der Waals surface area contributed by atoms with E-state index in [1.807, 2.05) is 0 Å². The normalized spacial score (nSPS) is 20.9. The van der Waals surface area contributed by atoms with E-state index >= 15 is 0 Å². The largest absolute Gasteiger partial charge is 0.481 e. The summed E-state index contributed by atoms with van der Waals surface area (Å²) in [5.41, 5.74) is 0. The number of nitrogens with one attached hydrogen (secondary N) is 1. The van der Waals surface area contributed by atoms with Crippen molar-refractivity contribution < 1.29 is 14.7 Å². The Morgan fingerprint density at radius 2 is 2.16 bits per heavy atom. The Labute approximate surface area is 115 Å². The molecule has 0 bridgehead atoms. The van der Waals surface area contributed by atoms with Crippen LogP contribution in [0.15, 0.2) is 0 Å². The van der Waals surface area contributed by atoms with E-state index in [2.05, 4.69) is 19.2 Å². The van der Waals surface area contributed by atoms with Crippen molar-refractivity contribution in [2.45, 2.75) is 58.4 Å². The second kappa shape index (κ2) is 8.02. The summed E-state index contributed by atoms with van der Waals surface area (Å²) in [4.78, 5) is 24.6. The number of carbonyl (C=O) groups excluding carboxylic acids is 1. The lowest BCUT2D eigenvalue weighted by atomic mass is 9.95. The van der Waals surface area contributed by atoms with Gasteiger partial charge in [-0.3, -0.25) is 4.79 Å². The number of aliphatic carboxylic acids is 1. The van der Waals surface area contributed by atoms with Gasteiger partial charge in [-0.25, -0.2) is 4.79 Å². The van der Waals surface area contributed by atoms with E-state index < -0.39 is 5.97 Å². The maximum Gasteiger partial charge on any atom is 0.317 e. The standard InChI is InChI=1S/C14H26N2O3/c1-3-6-12(4-2)15-14(19)16-8-5-7-11(10-16)9-13(17)18/h11-12H,3-10H2,1-2H3,(H,15,19)(H,17,18). The zero-order valence-electron chi connectivity index (χ0n) is 12.0. The average molecular weight is 270 g/mol. The topological polar surface area (TPSA) is 69.6 Å². The van der Waals surface area contributed by atoms with Crippen LogP contribution in [0.3, 0.4) is 0 Å². The highest BCUT2D eigenvalue weighted by molar-refractivity contribution is 5.74. The molecule has 1 aliphatic rings. The van der Waals surface area contributed by atoms with Gasteiger partial charge >= 0.3 is 12.0 Å². The van der Waals surface area contributed by atoms with E-state index in [1.165, 1.54) is 0 Å². The molecular formula is C14H26N2O3. The van der Waals surface area contributed by atoms with Crippen LogP contribution in [0.2, 0.25) is 0 Å². The van der Waals surface area contributed by atoms with Crippen molar-refractivity contribution in [3.63, 3.8) is 0 Å². The molecule has 0 radical (unpaired) electrons. The van der Waals surface area contributed by atoms with Gasteiger partial charge in [-0.05, 0) is 31.6 Å². The molecule has 0 aliphatic carbocycles. The molecule has 2 atom stereocenters. The van der Waals surface area contributed by atoms with E-state index in [-0.39, 0.29) is 24.4 Å². The molecule has 0 aromatic heterocycles. The first-order valence-electron chi connectivity index (χ1n) is 7.34. The van der Waals surface area contributed by atoms with Crippen molar-refractivity contribution in [2.75, 3.05) is 13.1 Å². The Balaban J connectivity index is 2.44. The number of carbonyl (C=O) groups is 2. The highest BCUT2D eigenvalue weighted by Crippen LogP contribution is 2.19. The number of piperidine rings is 1. The first-order chi connectivity index (χ1) is 9.06. The van der Waals surface area contributed by atoms with Crippen molar-refractivity contribution in [1.29, 1.82) is 0 Å². The fraction of sp³-hybridized carbons (Fsp3) is 0.857. The van der Waals surface area contributed by atoms with E-state index in [0.717, 1.165) is 38.6 Å². The molecule has 110 valence electrons. The Kier molecular flexibility index (Phi) is 6.67. The summed E-state index contributed by atoms with van der Waals surface area (Å²) < 4.78 is 0. The van der Waals surface area contributed by atoms with Crippen LogP contribution in [0, 0.1) is 5.92 Å². The summed E-state index contributed by atoms with van der Waals surface area (Å²) >= 11 is 0. The Bertz CT molecular complexity index is 307. The van der Waals surface area contributed by atoms with Gasteiger partial charge in [0.1, 0.15) is 0 Å². The van der Waals surface area contributed by atoms with Gasteiger partial charge in [-0.2, -0.15) is 0 Å². The van der Waals surface area contributed by atoms with E-state index in [4.69, 9.17) is 5.11 Å². The quantitative estimate of drug-likeness (QED) is 0.779. The fourth-order valence-corrected chi connectivity index (χ4v) is 2.66. The molecule has 2 amide bonds. The van der Waals surface area contributed by atoms with Crippen LogP contribution in [-0.2, 0) is 4.79 Å². The van der Waals surface area contributed by atoms with Gasteiger partial charge in [-0.15, -0.1) is 0 Å². The maximum absolute atomic E-state index is 12.1. The second-order valence-electron chi connectivity index (χ2n) is 5.40. The Morgan fingerprint density at radius 3 is 2.74 bits per heavy atom. The molecule has 0 aromatic rings. The number of hydrogen-bond donors (Lipinski definition) is 2. The smallest absolute Gasteiger partial charge is 0.317 e. The number of carboxylic acids is 1. The average Bonchev–Trinajstić information content (AvgIpc) is 2.37. The minimum absolute atomic E-state index is 0.0320. The molecule has 0 saturated carbocycles. The number of hydrogen-bond acceptors (Lipinski definition) is 2. The molecule has 5 nitrogen and oxygen atoms in total. The van der Waals surface area contributed by atoms with Gasteiger partial charge in [0.25, 0.3) is 0 Å². The van der Waals surface area contributed by atoms with Gasteiger partial charge < -0.3 is 15.3 Å². The van der Waals surface area contributed by atoms with Crippen LogP contribution in [-0.4, -0.2) is 41.1 Å². The Morgan fingerprint density at radius 1 is 1.42 bits per heavy atom. The number of rotatable bonds is 6. The molecule has 1 heterocycles. The molecule has 1 fully saturated rings. The van der Waals surface area contributed by atoms with Crippen LogP contribution >= 0.6 is 0 Å². The summed E-state index contributed by atoms with van der Waals surface area (Å²) in [5, 5.41) is 11.9. The lowest BCUT2D eigenvalue weighted by molar-refractivity contribution is -0.138. The summed E-state index contributed by atoms with van der Waals surface area (Å²) in [6, 6.07) is 0.202. The van der Waals surface area contributed by atoms with Crippen molar-refractivity contribution >= 4 is 12.0 Å². The zero-order chi connectivity index (χ0) is 14.3. The SMILES string of the molecule is CCCC(CC)NC(=O)N1CCCC(CC(=O)O)C1. The minimum atomic E-state index is -0.773. The highest BCUT2D eigenvalue weighted by atomic mass is 16.4. The monoisotopic (exact) mass is 270 g/mol. The molecule has 2 unspecified atom stereocenters. The van der Waals surface area contributed by atoms with Crippen molar-refractivity contribution in [3.05, 3.63) is 0 Å². The molecule has 1 rings (SSSR count). The zero-order valence-corrected chi connectivity index (χ0v) is 12.0. The number of nitrogens with zero attached hydrogens (tertiary/aromatic N) is 1. The first kappa shape index (κ1) is 15.8. The van der Waals surface area contributed by atoms with E-state index in [9.17, 15) is 9.59 Å². The summed E-state index contributed by atoms with van der Waals surface area (Å²) in [6.07, 6.45) is 4.95. The van der Waals surface area contributed by atoms with Gasteiger partial charge in [0.05, 0.1) is 0 Å². The van der Waals surface area contributed by atoms with Gasteiger partial charge in [0.2, 0.25) is 0 Å². The molecule has 2 N–H and O–H groups in total. The van der Waals surface area contributed by atoms with Crippen LogP contribution in [0.1, 0.15) is 52.4 Å². The van der Waals surface area contributed by atoms with Gasteiger partial charge in [-0.1, -0.05) is 20.3 Å². The third kappa shape index (κ3) is 5.49. The van der Waals surface area contributed by atoms with Crippen molar-refractivity contribution in [2.24, 2.45) is 5.92 Å². The van der Waals surface area contributed by atoms with Crippen molar-refractivity contribution in [1.82, 2.24) is 10.2 Å². The van der Waals surface area contributed by atoms with Gasteiger partial charge in [0.15, 0.2) is 0 Å². The number of amides is 2. The molecule has 5 heteroatoms. The number of carboxylic acid groups (broad SMARTS) is 1. The predicted molar refractivity (Wildman–Crippen MR) is 74.1 cm³/mol. The van der Waals surface area contributed by atoms with E-state index in [1.54, 1.807) is 4.90 Å². The van der Waals surface area contributed by atoms with Crippen molar-refractivity contribution in [3.8, 4) is 0 Å². The number of likely N-dealkylation sites (tertiary alicyclic amines) is 1. The third-order valence-electron chi connectivity index (χ3n) is 3.73. The highest BCUT2D eigenvalue weighted by Gasteiger charge is 2.25. The molecule has 0 spiro atoms. The lowest BCUT2D eigenvalue weighted by Gasteiger charge is -2.33. The second-order valence-corrected chi connectivity index (χ2v) is 5.40. The fourth-order valence-electron chi connectivity index (χ4n) is 2.66. The molecular weight excluding hydrogens is 244 g/mol. The van der Waals surface area contributed by atoms with Crippen LogP contribution in [0.4, 0.5) is 4.79 Å². The maximum atomic E-state index is 12.1. The Hall–Kier alpha value is -1.26. The lowest BCUT2D eigenvalue weighted by Crippen LogP contribution is -2.48. The van der Waals surface area contributed by atoms with Crippen LogP contribution < -0.4 is 5.32 Å².